The maximum Gasteiger partial charge on any atom is 0.191 e. The maximum atomic E-state index is 5.98. The van der Waals surface area contributed by atoms with Crippen LogP contribution in [-0.2, 0) is 6.54 Å². The van der Waals surface area contributed by atoms with E-state index in [9.17, 15) is 0 Å². The molecule has 1 aliphatic carbocycles. The van der Waals surface area contributed by atoms with Gasteiger partial charge in [-0.1, -0.05) is 18.5 Å². The predicted molar refractivity (Wildman–Crippen MR) is 101 cm³/mol. The highest BCUT2D eigenvalue weighted by Gasteiger charge is 2.33. The fraction of sp³-hybridized carbons (Fsp3) is 0.429. The summed E-state index contributed by atoms with van der Waals surface area (Å²) in [6.45, 7) is 2.92. The van der Waals surface area contributed by atoms with Crippen molar-refractivity contribution in [2.45, 2.75) is 25.9 Å². The summed E-state index contributed by atoms with van der Waals surface area (Å²) in [4.78, 5) is 8.81. The molecular weight excluding hydrogens is 419 g/mol. The number of thiazole rings is 1. The van der Waals surface area contributed by atoms with Crippen LogP contribution in [0.5, 0.6) is 0 Å². The van der Waals surface area contributed by atoms with E-state index in [1.54, 1.807) is 18.4 Å². The van der Waals surface area contributed by atoms with Crippen molar-refractivity contribution in [2.75, 3.05) is 7.05 Å². The number of nitrogens with zero attached hydrogens (tertiary/aromatic N) is 2. The fourth-order valence-corrected chi connectivity index (χ4v) is 3.13. The van der Waals surface area contributed by atoms with Crippen LogP contribution < -0.4 is 10.6 Å². The molecule has 2 aromatic rings. The van der Waals surface area contributed by atoms with Crippen molar-refractivity contribution in [3.63, 3.8) is 0 Å². The number of hydrogen-bond donors (Lipinski definition) is 2. The summed E-state index contributed by atoms with van der Waals surface area (Å²) < 4.78 is 1.16. The molecule has 4 nitrogen and oxygen atoms in total. The van der Waals surface area contributed by atoms with Gasteiger partial charge in [0.1, 0.15) is 5.01 Å². The van der Waals surface area contributed by atoms with Crippen molar-refractivity contribution in [1.29, 1.82) is 0 Å². The quantitative estimate of drug-likeness (QED) is 0.439. The molecule has 0 radical (unpaired) electrons. The molecule has 2 atom stereocenters. The molecule has 3 rings (SSSR count). The lowest BCUT2D eigenvalue weighted by molar-refractivity contribution is 0.762. The number of aromatic nitrogens is 1. The number of halogens is 2. The van der Waals surface area contributed by atoms with E-state index in [1.807, 2.05) is 18.2 Å². The minimum atomic E-state index is 0. The van der Waals surface area contributed by atoms with E-state index in [-0.39, 0.29) is 24.0 Å². The summed E-state index contributed by atoms with van der Waals surface area (Å²) >= 11 is 7.65. The zero-order chi connectivity index (χ0) is 14.1. The molecule has 1 fully saturated rings. The minimum absolute atomic E-state index is 0. The number of nitrogens with one attached hydrogen (secondary N) is 2. The Kier molecular flexibility index (Phi) is 5.67. The highest BCUT2D eigenvalue weighted by atomic mass is 127. The molecule has 0 spiro atoms. The Hall–Kier alpha value is -0.600. The van der Waals surface area contributed by atoms with Gasteiger partial charge in [0, 0.05) is 18.1 Å². The topological polar surface area (TPSA) is 49.3 Å². The van der Waals surface area contributed by atoms with E-state index >= 15 is 0 Å². The van der Waals surface area contributed by atoms with E-state index in [4.69, 9.17) is 11.6 Å². The molecule has 1 heterocycles. The molecular formula is C14H18ClIN4S. The third kappa shape index (κ3) is 4.20. The third-order valence-corrected chi connectivity index (χ3v) is 4.73. The summed E-state index contributed by atoms with van der Waals surface area (Å²) in [6, 6.07) is 6.37. The number of rotatable bonds is 3. The first-order chi connectivity index (χ1) is 9.65. The standard InChI is InChI=1S/C14H17ClN4S.HI/c1-8-5-10(8)19-14(16-2)17-7-13-18-11-6-9(15)3-4-12(11)20-13;/h3-4,6,8,10H,5,7H2,1-2H3,(H2,16,17,19);1H. The van der Waals surface area contributed by atoms with Gasteiger partial charge in [-0.15, -0.1) is 35.3 Å². The van der Waals surface area contributed by atoms with Crippen LogP contribution in [0.1, 0.15) is 18.4 Å². The molecule has 21 heavy (non-hydrogen) atoms. The molecule has 2 unspecified atom stereocenters. The smallest absolute Gasteiger partial charge is 0.191 e. The first-order valence-corrected chi connectivity index (χ1v) is 7.87. The molecule has 0 bridgehead atoms. The second-order valence-electron chi connectivity index (χ2n) is 5.11. The Morgan fingerprint density at radius 1 is 1.52 bits per heavy atom. The number of fused-ring (bicyclic) bond motifs is 1. The highest BCUT2D eigenvalue weighted by Crippen LogP contribution is 2.29. The lowest BCUT2D eigenvalue weighted by Crippen LogP contribution is -2.38. The Morgan fingerprint density at radius 2 is 2.29 bits per heavy atom. The van der Waals surface area contributed by atoms with E-state index in [2.05, 4.69) is 27.5 Å². The van der Waals surface area contributed by atoms with Crippen LogP contribution in [0.3, 0.4) is 0 Å². The van der Waals surface area contributed by atoms with Gasteiger partial charge in [0.25, 0.3) is 0 Å². The van der Waals surface area contributed by atoms with Crippen LogP contribution >= 0.6 is 46.9 Å². The van der Waals surface area contributed by atoms with Gasteiger partial charge in [0.05, 0.1) is 16.8 Å². The van der Waals surface area contributed by atoms with Crippen molar-refractivity contribution < 1.29 is 0 Å². The Labute approximate surface area is 150 Å². The lowest BCUT2D eigenvalue weighted by Gasteiger charge is -2.09. The van der Waals surface area contributed by atoms with Crippen LogP contribution in [-0.4, -0.2) is 24.0 Å². The van der Waals surface area contributed by atoms with E-state index in [0.717, 1.165) is 32.1 Å². The molecule has 2 N–H and O–H groups in total. The first kappa shape index (κ1) is 16.8. The molecule has 7 heteroatoms. The van der Waals surface area contributed by atoms with Gasteiger partial charge in [-0.3, -0.25) is 4.99 Å². The number of guanidine groups is 1. The molecule has 0 amide bonds. The van der Waals surface area contributed by atoms with Gasteiger partial charge >= 0.3 is 0 Å². The maximum absolute atomic E-state index is 5.98. The summed E-state index contributed by atoms with van der Waals surface area (Å²) in [5, 5.41) is 8.47. The largest absolute Gasteiger partial charge is 0.353 e. The average molecular weight is 437 g/mol. The SMILES string of the molecule is CN=C(NCc1nc2cc(Cl)ccc2s1)NC1CC1C.I. The van der Waals surface area contributed by atoms with E-state index in [0.29, 0.717) is 12.6 Å². The van der Waals surface area contributed by atoms with Crippen molar-refractivity contribution in [1.82, 2.24) is 15.6 Å². The van der Waals surface area contributed by atoms with Crippen LogP contribution in [0, 0.1) is 5.92 Å². The molecule has 1 aromatic carbocycles. The third-order valence-electron chi connectivity index (χ3n) is 3.46. The van der Waals surface area contributed by atoms with Crippen LogP contribution in [0.15, 0.2) is 23.2 Å². The van der Waals surface area contributed by atoms with Gasteiger partial charge in [0.15, 0.2) is 5.96 Å². The van der Waals surface area contributed by atoms with Crippen molar-refractivity contribution in [3.8, 4) is 0 Å². The van der Waals surface area contributed by atoms with Gasteiger partial charge in [-0.25, -0.2) is 4.98 Å². The summed E-state index contributed by atoms with van der Waals surface area (Å²) in [7, 11) is 1.79. The van der Waals surface area contributed by atoms with Gasteiger partial charge in [-0.2, -0.15) is 0 Å². The van der Waals surface area contributed by atoms with E-state index < -0.39 is 0 Å². The number of aliphatic imine (C=N–C) groups is 1. The van der Waals surface area contributed by atoms with Gasteiger partial charge in [-0.05, 0) is 30.5 Å². The fourth-order valence-electron chi connectivity index (χ4n) is 2.08. The molecule has 1 aromatic heterocycles. The summed E-state index contributed by atoms with van der Waals surface area (Å²) in [6.07, 6.45) is 1.22. The minimum Gasteiger partial charge on any atom is -0.353 e. The van der Waals surface area contributed by atoms with Crippen LogP contribution in [0.4, 0.5) is 0 Å². The molecule has 1 aliphatic rings. The van der Waals surface area contributed by atoms with Crippen molar-refractivity contribution >= 4 is 63.1 Å². The van der Waals surface area contributed by atoms with Crippen LogP contribution in [0.25, 0.3) is 10.2 Å². The second kappa shape index (κ2) is 7.11. The number of hydrogen-bond acceptors (Lipinski definition) is 3. The number of benzene rings is 1. The Bertz CT molecular complexity index is 657. The average Bonchev–Trinajstić information content (AvgIpc) is 2.97. The lowest BCUT2D eigenvalue weighted by atomic mass is 10.3. The molecule has 0 aliphatic heterocycles. The van der Waals surface area contributed by atoms with Crippen molar-refractivity contribution in [3.05, 3.63) is 28.2 Å². The molecule has 0 saturated heterocycles. The van der Waals surface area contributed by atoms with E-state index in [1.165, 1.54) is 6.42 Å². The monoisotopic (exact) mass is 436 g/mol. The Balaban J connectivity index is 0.00000161. The normalized spacial score (nSPS) is 21.0. The predicted octanol–water partition coefficient (Wildman–Crippen LogP) is 3.64. The molecule has 114 valence electrons. The Morgan fingerprint density at radius 3 is 2.95 bits per heavy atom. The molecule has 1 saturated carbocycles. The summed E-state index contributed by atoms with van der Waals surface area (Å²) in [5.74, 6) is 1.59. The zero-order valence-corrected chi connectivity index (χ0v) is 15.8. The zero-order valence-electron chi connectivity index (χ0n) is 11.9. The highest BCUT2D eigenvalue weighted by molar-refractivity contribution is 14.0. The van der Waals surface area contributed by atoms with Gasteiger partial charge < -0.3 is 10.6 Å². The van der Waals surface area contributed by atoms with Crippen LogP contribution in [0.2, 0.25) is 5.02 Å². The first-order valence-electron chi connectivity index (χ1n) is 6.68. The summed E-state index contributed by atoms with van der Waals surface area (Å²) in [5.41, 5.74) is 0.957. The van der Waals surface area contributed by atoms with Gasteiger partial charge in [0.2, 0.25) is 0 Å². The second-order valence-corrected chi connectivity index (χ2v) is 6.66. The van der Waals surface area contributed by atoms with Crippen molar-refractivity contribution in [2.24, 2.45) is 10.9 Å².